The van der Waals surface area contributed by atoms with Gasteiger partial charge in [0.05, 0.1) is 11.9 Å². The Bertz CT molecular complexity index is 926. The maximum atomic E-state index is 14.6. The van der Waals surface area contributed by atoms with Gasteiger partial charge in [-0.25, -0.2) is 13.9 Å². The Hall–Kier alpha value is -2.47. The lowest BCUT2D eigenvalue weighted by molar-refractivity contribution is 0.141. The Morgan fingerprint density at radius 3 is 3.07 bits per heavy atom. The van der Waals surface area contributed by atoms with Crippen LogP contribution in [0.2, 0.25) is 0 Å². The third-order valence-corrected chi connectivity index (χ3v) is 5.33. The minimum Gasteiger partial charge on any atom is -0.489 e. The highest BCUT2D eigenvalue weighted by atomic mass is 19.1. The lowest BCUT2D eigenvalue weighted by atomic mass is 10.1. The summed E-state index contributed by atoms with van der Waals surface area (Å²) < 4.78 is 22.5. The molecule has 0 saturated carbocycles. The molecule has 0 amide bonds. The Balaban J connectivity index is 1.55. The molecule has 148 valence electrons. The predicted octanol–water partition coefficient (Wildman–Crippen LogP) is 4.57. The fourth-order valence-corrected chi connectivity index (χ4v) is 3.84. The van der Waals surface area contributed by atoms with Gasteiger partial charge in [0.15, 0.2) is 5.65 Å². The topological polar surface area (TPSA) is 42.7 Å². The van der Waals surface area contributed by atoms with Crippen LogP contribution in [-0.2, 0) is 0 Å². The molecule has 6 heteroatoms. The van der Waals surface area contributed by atoms with Gasteiger partial charge < -0.3 is 4.74 Å². The molecule has 0 radical (unpaired) electrons. The van der Waals surface area contributed by atoms with Crippen LogP contribution in [0, 0.1) is 5.82 Å². The molecule has 3 aromatic rings. The van der Waals surface area contributed by atoms with Crippen molar-refractivity contribution in [2.75, 3.05) is 19.6 Å². The fourth-order valence-electron chi connectivity index (χ4n) is 3.84. The average molecular weight is 382 g/mol. The van der Waals surface area contributed by atoms with E-state index in [1.54, 1.807) is 29.0 Å². The second-order valence-corrected chi connectivity index (χ2v) is 7.47. The van der Waals surface area contributed by atoms with Crippen LogP contribution in [0.5, 0.6) is 5.75 Å². The molecule has 0 spiro atoms. The standard InChI is InChI=1S/C22H27FN4O/c1-2-3-12-26-13-5-4-7-18(16-26)28-17-9-10-20(23)19(14-17)21-15-24-22-8-6-11-25-27(21)22/h6,8-11,14-15,18H,2-5,7,12-13,16H2,1H3/t18-/m1/s1. The number of fused-ring (bicyclic) bond motifs is 1. The number of hydrogen-bond donors (Lipinski definition) is 0. The van der Waals surface area contributed by atoms with Crippen molar-refractivity contribution in [2.45, 2.75) is 45.1 Å². The molecule has 1 aliphatic rings. The molecule has 1 atom stereocenters. The molecule has 4 rings (SSSR count). The van der Waals surface area contributed by atoms with Gasteiger partial charge in [0.25, 0.3) is 0 Å². The summed E-state index contributed by atoms with van der Waals surface area (Å²) in [4.78, 5) is 6.82. The number of ether oxygens (including phenoxy) is 1. The van der Waals surface area contributed by atoms with Crippen LogP contribution in [0.1, 0.15) is 39.0 Å². The molecule has 28 heavy (non-hydrogen) atoms. The number of hydrogen-bond acceptors (Lipinski definition) is 4. The second kappa shape index (κ2) is 8.69. The van der Waals surface area contributed by atoms with Gasteiger partial charge in [-0.05, 0) is 69.1 Å². The predicted molar refractivity (Wildman–Crippen MR) is 108 cm³/mol. The molecule has 1 aliphatic heterocycles. The van der Waals surface area contributed by atoms with Crippen molar-refractivity contribution in [1.29, 1.82) is 0 Å². The Labute approximate surface area is 165 Å². The van der Waals surface area contributed by atoms with Crippen LogP contribution in [0.25, 0.3) is 16.9 Å². The Kier molecular flexibility index (Phi) is 5.86. The molecule has 0 bridgehead atoms. The quantitative estimate of drug-likeness (QED) is 0.626. The van der Waals surface area contributed by atoms with Gasteiger partial charge in [-0.3, -0.25) is 4.90 Å². The molecule has 0 aliphatic carbocycles. The van der Waals surface area contributed by atoms with Crippen molar-refractivity contribution < 1.29 is 9.13 Å². The van der Waals surface area contributed by atoms with Gasteiger partial charge in [-0.15, -0.1) is 0 Å². The lowest BCUT2D eigenvalue weighted by Crippen LogP contribution is -2.34. The first-order chi connectivity index (χ1) is 13.7. The van der Waals surface area contributed by atoms with Gasteiger partial charge in [0.1, 0.15) is 17.7 Å². The van der Waals surface area contributed by atoms with E-state index >= 15 is 0 Å². The molecule has 1 fully saturated rings. The lowest BCUT2D eigenvalue weighted by Gasteiger charge is -2.25. The Morgan fingerprint density at radius 1 is 1.25 bits per heavy atom. The number of benzene rings is 1. The van der Waals surface area contributed by atoms with Crippen molar-refractivity contribution >= 4 is 5.65 Å². The van der Waals surface area contributed by atoms with E-state index in [0.29, 0.717) is 22.7 Å². The van der Waals surface area contributed by atoms with Gasteiger partial charge in [0, 0.05) is 18.3 Å². The third kappa shape index (κ3) is 4.17. The molecule has 2 aromatic heterocycles. The molecular weight excluding hydrogens is 355 g/mol. The van der Waals surface area contributed by atoms with E-state index in [9.17, 15) is 4.39 Å². The van der Waals surface area contributed by atoms with Crippen LogP contribution >= 0.6 is 0 Å². The summed E-state index contributed by atoms with van der Waals surface area (Å²) in [5.41, 5.74) is 1.78. The molecule has 0 unspecified atom stereocenters. The number of unbranched alkanes of at least 4 members (excludes halogenated alkanes) is 1. The van der Waals surface area contributed by atoms with Crippen molar-refractivity contribution in [3.8, 4) is 17.0 Å². The molecule has 1 saturated heterocycles. The maximum Gasteiger partial charge on any atom is 0.154 e. The molecule has 5 nitrogen and oxygen atoms in total. The van der Waals surface area contributed by atoms with E-state index < -0.39 is 0 Å². The van der Waals surface area contributed by atoms with Crippen LogP contribution in [0.3, 0.4) is 0 Å². The number of imidazole rings is 1. The van der Waals surface area contributed by atoms with Crippen molar-refractivity contribution in [3.05, 3.63) is 48.5 Å². The van der Waals surface area contributed by atoms with Crippen molar-refractivity contribution in [3.63, 3.8) is 0 Å². The summed E-state index contributed by atoms with van der Waals surface area (Å²) in [5, 5.41) is 4.29. The van der Waals surface area contributed by atoms with Gasteiger partial charge in [0.2, 0.25) is 0 Å². The molecular formula is C22H27FN4O. The zero-order chi connectivity index (χ0) is 19.3. The van der Waals surface area contributed by atoms with Crippen LogP contribution in [-0.4, -0.2) is 45.2 Å². The minimum atomic E-state index is -0.301. The smallest absolute Gasteiger partial charge is 0.154 e. The van der Waals surface area contributed by atoms with E-state index in [1.165, 1.54) is 31.7 Å². The van der Waals surface area contributed by atoms with Crippen LogP contribution in [0.15, 0.2) is 42.7 Å². The normalized spacial score (nSPS) is 18.3. The van der Waals surface area contributed by atoms with E-state index in [2.05, 4.69) is 21.9 Å². The van der Waals surface area contributed by atoms with Crippen LogP contribution < -0.4 is 4.74 Å². The van der Waals surface area contributed by atoms with Crippen molar-refractivity contribution in [2.24, 2.45) is 0 Å². The second-order valence-electron chi connectivity index (χ2n) is 7.47. The molecule has 1 aromatic carbocycles. The highest BCUT2D eigenvalue weighted by molar-refractivity contribution is 5.65. The summed E-state index contributed by atoms with van der Waals surface area (Å²) in [6.45, 7) is 5.42. The number of halogens is 1. The van der Waals surface area contributed by atoms with E-state index in [-0.39, 0.29) is 11.9 Å². The zero-order valence-corrected chi connectivity index (χ0v) is 16.4. The summed E-state index contributed by atoms with van der Waals surface area (Å²) in [6.07, 6.45) is 9.30. The first-order valence-corrected chi connectivity index (χ1v) is 10.2. The van der Waals surface area contributed by atoms with Gasteiger partial charge >= 0.3 is 0 Å². The van der Waals surface area contributed by atoms with Crippen LogP contribution in [0.4, 0.5) is 4.39 Å². The first-order valence-electron chi connectivity index (χ1n) is 10.2. The van der Waals surface area contributed by atoms with Gasteiger partial charge in [-0.2, -0.15) is 5.10 Å². The first kappa shape index (κ1) is 18.9. The highest BCUT2D eigenvalue weighted by Gasteiger charge is 2.20. The number of rotatable bonds is 6. The summed E-state index contributed by atoms with van der Waals surface area (Å²) in [7, 11) is 0. The number of nitrogens with zero attached hydrogens (tertiary/aromatic N) is 4. The third-order valence-electron chi connectivity index (χ3n) is 5.33. The van der Waals surface area contributed by atoms with E-state index in [1.807, 2.05) is 12.1 Å². The number of likely N-dealkylation sites (tertiary alicyclic amines) is 1. The highest BCUT2D eigenvalue weighted by Crippen LogP contribution is 2.28. The average Bonchev–Trinajstić information content (AvgIpc) is 3.01. The van der Waals surface area contributed by atoms with Gasteiger partial charge in [-0.1, -0.05) is 13.3 Å². The molecule has 3 heterocycles. The van der Waals surface area contributed by atoms with Crippen molar-refractivity contribution in [1.82, 2.24) is 19.5 Å². The summed E-state index contributed by atoms with van der Waals surface area (Å²) >= 11 is 0. The van der Waals surface area contributed by atoms with E-state index in [4.69, 9.17) is 4.74 Å². The zero-order valence-electron chi connectivity index (χ0n) is 16.4. The number of aromatic nitrogens is 3. The minimum absolute atomic E-state index is 0.137. The summed E-state index contributed by atoms with van der Waals surface area (Å²) in [5.74, 6) is 0.398. The summed E-state index contributed by atoms with van der Waals surface area (Å²) in [6, 6.07) is 8.63. The SMILES string of the molecule is CCCCN1CCCC[C@@H](Oc2ccc(F)c(-c3cnc4cccnn34)c2)C1. The maximum absolute atomic E-state index is 14.6. The fraction of sp³-hybridized carbons (Fsp3) is 0.455. The monoisotopic (exact) mass is 382 g/mol. The Morgan fingerprint density at radius 2 is 2.18 bits per heavy atom. The molecule has 0 N–H and O–H groups in total. The van der Waals surface area contributed by atoms with E-state index in [0.717, 1.165) is 26.1 Å². The largest absolute Gasteiger partial charge is 0.489 e.